The highest BCUT2D eigenvalue weighted by atomic mass is 32.1. The number of aromatic nitrogens is 1. The zero-order valence-corrected chi connectivity index (χ0v) is 17.1. The molecule has 0 saturated heterocycles. The molecule has 3 rings (SSSR count). The van der Waals surface area contributed by atoms with Gasteiger partial charge >= 0.3 is 5.97 Å². The molecule has 156 valence electrons. The fourth-order valence-corrected chi connectivity index (χ4v) is 3.56. The van der Waals surface area contributed by atoms with E-state index in [9.17, 15) is 18.8 Å². The van der Waals surface area contributed by atoms with Crippen molar-refractivity contribution in [2.24, 2.45) is 0 Å². The second kappa shape index (κ2) is 9.93. The Morgan fingerprint density at radius 3 is 2.60 bits per heavy atom. The molecule has 7 nitrogen and oxygen atoms in total. The monoisotopic (exact) mass is 429 g/mol. The third kappa shape index (κ3) is 6.08. The first-order chi connectivity index (χ1) is 14.4. The number of para-hydroxylation sites is 1. The van der Waals surface area contributed by atoms with Crippen LogP contribution in [0.15, 0.2) is 48.5 Å². The molecule has 0 aliphatic heterocycles. The minimum Gasteiger partial charge on any atom is -0.456 e. The van der Waals surface area contributed by atoms with Gasteiger partial charge in [-0.05, 0) is 36.4 Å². The number of benzene rings is 2. The van der Waals surface area contributed by atoms with Crippen LogP contribution < -0.4 is 5.32 Å². The number of carbonyl (C=O) groups is 3. The predicted octanol–water partition coefficient (Wildman–Crippen LogP) is 3.01. The topological polar surface area (TPSA) is 88.6 Å². The van der Waals surface area contributed by atoms with Gasteiger partial charge in [-0.3, -0.25) is 14.4 Å². The smallest absolute Gasteiger partial charge is 0.306 e. The number of aryl methyl sites for hydroxylation is 1. The Morgan fingerprint density at radius 2 is 1.87 bits per heavy atom. The zero-order chi connectivity index (χ0) is 21.5. The van der Waals surface area contributed by atoms with Crippen LogP contribution in [0.4, 0.5) is 10.1 Å². The fraction of sp³-hybridized carbons (Fsp3) is 0.238. The molecule has 1 heterocycles. The number of ether oxygens (including phenoxy) is 1. The molecular formula is C21H20FN3O4S. The number of esters is 1. The average molecular weight is 429 g/mol. The lowest BCUT2D eigenvalue weighted by molar-refractivity contribution is -0.151. The molecule has 0 spiro atoms. The van der Waals surface area contributed by atoms with Crippen molar-refractivity contribution in [2.45, 2.75) is 12.8 Å². The van der Waals surface area contributed by atoms with Crippen molar-refractivity contribution in [3.05, 3.63) is 59.4 Å². The molecule has 0 bridgehead atoms. The average Bonchev–Trinajstić information content (AvgIpc) is 3.15. The second-order valence-corrected chi connectivity index (χ2v) is 7.66. The molecule has 9 heteroatoms. The van der Waals surface area contributed by atoms with Gasteiger partial charge in [0.1, 0.15) is 5.82 Å². The Balaban J connectivity index is 1.38. The summed E-state index contributed by atoms with van der Waals surface area (Å²) in [6.45, 7) is -0.668. The molecule has 0 unspecified atom stereocenters. The molecule has 0 atom stereocenters. The summed E-state index contributed by atoms with van der Waals surface area (Å²) in [5.74, 6) is -1.87. The Labute approximate surface area is 176 Å². The summed E-state index contributed by atoms with van der Waals surface area (Å²) in [6, 6.07) is 13.0. The van der Waals surface area contributed by atoms with Gasteiger partial charge < -0.3 is 15.0 Å². The van der Waals surface area contributed by atoms with E-state index >= 15 is 0 Å². The van der Waals surface area contributed by atoms with Crippen molar-refractivity contribution in [2.75, 3.05) is 25.5 Å². The molecule has 2 aromatic carbocycles. The quantitative estimate of drug-likeness (QED) is 0.556. The molecule has 1 N–H and O–H groups in total. The largest absolute Gasteiger partial charge is 0.456 e. The number of carbonyl (C=O) groups excluding carboxylic acids is 3. The first-order valence-electron chi connectivity index (χ1n) is 9.20. The molecule has 0 radical (unpaired) electrons. The first kappa shape index (κ1) is 21.4. The highest BCUT2D eigenvalue weighted by molar-refractivity contribution is 7.18. The maximum atomic E-state index is 12.9. The molecule has 0 aliphatic rings. The van der Waals surface area contributed by atoms with Crippen LogP contribution >= 0.6 is 11.3 Å². The molecule has 0 saturated carbocycles. The van der Waals surface area contributed by atoms with Gasteiger partial charge in [0.25, 0.3) is 5.91 Å². The highest BCUT2D eigenvalue weighted by Crippen LogP contribution is 2.22. The van der Waals surface area contributed by atoms with Crippen molar-refractivity contribution in [1.82, 2.24) is 9.88 Å². The van der Waals surface area contributed by atoms with Crippen LogP contribution in [0.3, 0.4) is 0 Å². The molecular weight excluding hydrogens is 409 g/mol. The van der Waals surface area contributed by atoms with Crippen LogP contribution in [0.25, 0.3) is 10.2 Å². The standard InChI is InChI=1S/C21H20FN3O4S/c1-25(12-18(26)23-15-8-6-14(22)7-9-15)20(27)13-29-21(28)11-10-19-24-16-4-2-3-5-17(16)30-19/h2-9H,10-13H2,1H3,(H,23,26). The first-order valence-corrected chi connectivity index (χ1v) is 10.0. The number of hydrogen-bond acceptors (Lipinski definition) is 6. The van der Waals surface area contributed by atoms with Crippen molar-refractivity contribution >= 4 is 45.0 Å². The van der Waals surface area contributed by atoms with Crippen molar-refractivity contribution in [3.63, 3.8) is 0 Å². The van der Waals surface area contributed by atoms with Crippen LogP contribution in [-0.4, -0.2) is 47.9 Å². The van der Waals surface area contributed by atoms with Crippen LogP contribution in [0, 0.1) is 5.82 Å². The summed E-state index contributed by atoms with van der Waals surface area (Å²) in [4.78, 5) is 41.6. The van der Waals surface area contributed by atoms with Gasteiger partial charge in [-0.1, -0.05) is 12.1 Å². The van der Waals surface area contributed by atoms with E-state index in [1.807, 2.05) is 24.3 Å². The summed E-state index contributed by atoms with van der Waals surface area (Å²) >= 11 is 1.52. The lowest BCUT2D eigenvalue weighted by Gasteiger charge is -2.16. The third-order valence-corrected chi connectivity index (χ3v) is 5.27. The van der Waals surface area contributed by atoms with Gasteiger partial charge in [0, 0.05) is 19.2 Å². The SMILES string of the molecule is CN(CC(=O)Nc1ccc(F)cc1)C(=O)COC(=O)CCc1nc2ccccc2s1. The number of nitrogens with zero attached hydrogens (tertiary/aromatic N) is 2. The van der Waals surface area contributed by atoms with Crippen LogP contribution in [0.5, 0.6) is 0 Å². The zero-order valence-electron chi connectivity index (χ0n) is 16.3. The van der Waals surface area contributed by atoms with Gasteiger partial charge in [-0.2, -0.15) is 0 Å². The van der Waals surface area contributed by atoms with E-state index in [-0.39, 0.29) is 13.0 Å². The number of hydrogen-bond donors (Lipinski definition) is 1. The Bertz CT molecular complexity index is 1020. The molecule has 1 aromatic heterocycles. The number of nitrogens with one attached hydrogen (secondary N) is 1. The van der Waals surface area contributed by atoms with Gasteiger partial charge in [-0.25, -0.2) is 9.37 Å². The van der Waals surface area contributed by atoms with Gasteiger partial charge in [0.2, 0.25) is 5.91 Å². The lowest BCUT2D eigenvalue weighted by atomic mass is 10.3. The van der Waals surface area contributed by atoms with E-state index < -0.39 is 30.2 Å². The Hall–Kier alpha value is -3.33. The molecule has 0 aliphatic carbocycles. The second-order valence-electron chi connectivity index (χ2n) is 6.54. The summed E-state index contributed by atoms with van der Waals surface area (Å²) in [7, 11) is 1.43. The molecule has 3 aromatic rings. The van der Waals surface area contributed by atoms with E-state index in [0.29, 0.717) is 12.1 Å². The summed E-state index contributed by atoms with van der Waals surface area (Å²) in [5, 5.41) is 3.38. The molecule has 30 heavy (non-hydrogen) atoms. The summed E-state index contributed by atoms with van der Waals surface area (Å²) in [5.41, 5.74) is 1.31. The molecule has 2 amide bonds. The fourth-order valence-electron chi connectivity index (χ4n) is 2.60. The Kier molecular flexibility index (Phi) is 7.08. The van der Waals surface area contributed by atoms with Crippen LogP contribution in [0.2, 0.25) is 0 Å². The van der Waals surface area contributed by atoms with E-state index in [2.05, 4.69) is 10.3 Å². The lowest BCUT2D eigenvalue weighted by Crippen LogP contribution is -2.37. The minimum atomic E-state index is -0.508. The molecule has 0 fully saturated rings. The number of thiazole rings is 1. The van der Waals surface area contributed by atoms with Crippen LogP contribution in [0.1, 0.15) is 11.4 Å². The van der Waals surface area contributed by atoms with E-state index in [1.54, 1.807) is 0 Å². The predicted molar refractivity (Wildman–Crippen MR) is 112 cm³/mol. The van der Waals surface area contributed by atoms with Gasteiger partial charge in [0.05, 0.1) is 28.2 Å². The number of likely N-dealkylation sites (N-methyl/N-ethyl adjacent to an activating group) is 1. The van der Waals surface area contributed by atoms with E-state index in [1.165, 1.54) is 42.6 Å². The number of fused-ring (bicyclic) bond motifs is 1. The van der Waals surface area contributed by atoms with Crippen molar-refractivity contribution < 1.29 is 23.5 Å². The third-order valence-electron chi connectivity index (χ3n) is 4.17. The number of anilines is 1. The number of halogens is 1. The summed E-state index contributed by atoms with van der Waals surface area (Å²) < 4.78 is 18.9. The van der Waals surface area contributed by atoms with Gasteiger partial charge in [-0.15, -0.1) is 11.3 Å². The normalized spacial score (nSPS) is 10.6. The van der Waals surface area contributed by atoms with Crippen molar-refractivity contribution in [1.29, 1.82) is 0 Å². The van der Waals surface area contributed by atoms with E-state index in [4.69, 9.17) is 4.74 Å². The van der Waals surface area contributed by atoms with Gasteiger partial charge in [0.15, 0.2) is 6.61 Å². The van der Waals surface area contributed by atoms with Crippen molar-refractivity contribution in [3.8, 4) is 0 Å². The maximum Gasteiger partial charge on any atom is 0.306 e. The Morgan fingerprint density at radius 1 is 1.13 bits per heavy atom. The number of rotatable bonds is 8. The van der Waals surface area contributed by atoms with E-state index in [0.717, 1.165) is 20.1 Å². The maximum absolute atomic E-state index is 12.9. The number of amides is 2. The highest BCUT2D eigenvalue weighted by Gasteiger charge is 2.16. The minimum absolute atomic E-state index is 0.113. The van der Waals surface area contributed by atoms with Crippen LogP contribution in [-0.2, 0) is 25.5 Å². The summed E-state index contributed by atoms with van der Waals surface area (Å²) in [6.07, 6.45) is 0.546.